The van der Waals surface area contributed by atoms with Crippen LogP contribution in [0.5, 0.6) is 5.75 Å². The van der Waals surface area contributed by atoms with Crippen LogP contribution in [0.25, 0.3) is 0 Å². The van der Waals surface area contributed by atoms with Gasteiger partial charge < -0.3 is 15.7 Å². The summed E-state index contributed by atoms with van der Waals surface area (Å²) in [5.41, 5.74) is 3.28. The maximum Gasteiger partial charge on any atom is 0.118 e. The zero-order valence-corrected chi connectivity index (χ0v) is 12.6. The molecule has 1 saturated carbocycles. The number of aryl methyl sites for hydroxylation is 2. The summed E-state index contributed by atoms with van der Waals surface area (Å²) in [4.78, 5) is 0. The predicted octanol–water partition coefficient (Wildman–Crippen LogP) is 3.34. The molecular formula is C17H26N2O. The van der Waals surface area contributed by atoms with Crippen LogP contribution < -0.4 is 10.6 Å². The topological polar surface area (TPSA) is 44.3 Å². The van der Waals surface area contributed by atoms with Gasteiger partial charge in [0.25, 0.3) is 0 Å². The second-order valence-corrected chi connectivity index (χ2v) is 6.50. The van der Waals surface area contributed by atoms with Gasteiger partial charge in [-0.1, -0.05) is 6.42 Å². The zero-order chi connectivity index (χ0) is 14.1. The number of anilines is 1. The third kappa shape index (κ3) is 2.64. The van der Waals surface area contributed by atoms with E-state index in [1.165, 1.54) is 44.3 Å². The van der Waals surface area contributed by atoms with Crippen molar-refractivity contribution in [1.82, 2.24) is 5.32 Å². The lowest BCUT2D eigenvalue weighted by Crippen LogP contribution is -2.38. The fraction of sp³-hybridized carbons (Fsp3) is 0.647. The lowest BCUT2D eigenvalue weighted by Gasteiger charge is -2.28. The standard InChI is InChI=1S/C17H26N2O/c1-11-10-17(20)12(2)9-16(11)19-15-6-3-5-13(15)14-7-4-8-18-14/h9-10,13-15,18-20H,3-8H2,1-2H3. The first-order valence-electron chi connectivity index (χ1n) is 7.95. The minimum Gasteiger partial charge on any atom is -0.508 e. The van der Waals surface area contributed by atoms with Crippen LogP contribution in [0.3, 0.4) is 0 Å². The van der Waals surface area contributed by atoms with Crippen molar-refractivity contribution in [3.05, 3.63) is 23.3 Å². The largest absolute Gasteiger partial charge is 0.508 e. The van der Waals surface area contributed by atoms with Gasteiger partial charge in [0.15, 0.2) is 0 Å². The number of aromatic hydroxyl groups is 1. The van der Waals surface area contributed by atoms with Gasteiger partial charge in [-0.2, -0.15) is 0 Å². The quantitative estimate of drug-likeness (QED) is 0.741. The van der Waals surface area contributed by atoms with Crippen LogP contribution in [-0.4, -0.2) is 23.7 Å². The molecule has 3 unspecified atom stereocenters. The third-order valence-electron chi connectivity index (χ3n) is 5.07. The van der Waals surface area contributed by atoms with Crippen molar-refractivity contribution in [1.29, 1.82) is 0 Å². The van der Waals surface area contributed by atoms with E-state index < -0.39 is 0 Å². The van der Waals surface area contributed by atoms with E-state index in [-0.39, 0.29) is 0 Å². The van der Waals surface area contributed by atoms with Gasteiger partial charge in [-0.15, -0.1) is 0 Å². The van der Waals surface area contributed by atoms with Crippen molar-refractivity contribution in [2.75, 3.05) is 11.9 Å². The van der Waals surface area contributed by atoms with Gasteiger partial charge in [-0.3, -0.25) is 0 Å². The minimum atomic E-state index is 0.397. The maximum atomic E-state index is 9.77. The van der Waals surface area contributed by atoms with Gasteiger partial charge in [-0.25, -0.2) is 0 Å². The summed E-state index contributed by atoms with van der Waals surface area (Å²) < 4.78 is 0. The molecule has 0 bridgehead atoms. The van der Waals surface area contributed by atoms with E-state index in [4.69, 9.17) is 0 Å². The van der Waals surface area contributed by atoms with E-state index in [0.717, 1.165) is 17.0 Å². The van der Waals surface area contributed by atoms with Gasteiger partial charge in [0.05, 0.1) is 0 Å². The number of benzene rings is 1. The molecular weight excluding hydrogens is 248 g/mol. The molecule has 2 fully saturated rings. The Morgan fingerprint density at radius 2 is 1.95 bits per heavy atom. The maximum absolute atomic E-state index is 9.77. The molecule has 3 rings (SSSR count). The Balaban J connectivity index is 1.74. The lowest BCUT2D eigenvalue weighted by atomic mass is 9.92. The summed E-state index contributed by atoms with van der Waals surface area (Å²) in [5.74, 6) is 1.15. The van der Waals surface area contributed by atoms with Crippen LogP contribution in [0.2, 0.25) is 0 Å². The van der Waals surface area contributed by atoms with E-state index in [1.807, 2.05) is 13.0 Å². The summed E-state index contributed by atoms with van der Waals surface area (Å²) in [5, 5.41) is 17.2. The Labute approximate surface area is 121 Å². The highest BCUT2D eigenvalue weighted by Gasteiger charge is 2.35. The number of phenols is 1. The van der Waals surface area contributed by atoms with E-state index in [1.54, 1.807) is 0 Å². The van der Waals surface area contributed by atoms with Crippen molar-refractivity contribution < 1.29 is 5.11 Å². The van der Waals surface area contributed by atoms with Crippen LogP contribution in [0.4, 0.5) is 5.69 Å². The van der Waals surface area contributed by atoms with Crippen molar-refractivity contribution in [2.24, 2.45) is 5.92 Å². The monoisotopic (exact) mass is 274 g/mol. The number of hydrogen-bond donors (Lipinski definition) is 3. The Hall–Kier alpha value is -1.22. The molecule has 20 heavy (non-hydrogen) atoms. The van der Waals surface area contributed by atoms with Crippen LogP contribution in [0.15, 0.2) is 12.1 Å². The lowest BCUT2D eigenvalue weighted by molar-refractivity contribution is 0.376. The Bertz CT molecular complexity index is 480. The van der Waals surface area contributed by atoms with E-state index >= 15 is 0 Å². The molecule has 1 heterocycles. The fourth-order valence-corrected chi connectivity index (χ4v) is 3.88. The smallest absolute Gasteiger partial charge is 0.118 e. The number of nitrogens with one attached hydrogen (secondary N) is 2. The fourth-order valence-electron chi connectivity index (χ4n) is 3.88. The molecule has 0 radical (unpaired) electrons. The van der Waals surface area contributed by atoms with Crippen LogP contribution >= 0.6 is 0 Å². The average Bonchev–Trinajstić information content (AvgIpc) is 3.06. The van der Waals surface area contributed by atoms with Gasteiger partial charge in [0.1, 0.15) is 5.75 Å². The molecule has 1 aromatic carbocycles. The summed E-state index contributed by atoms with van der Waals surface area (Å²) in [6.07, 6.45) is 6.59. The van der Waals surface area contributed by atoms with E-state index in [9.17, 15) is 5.11 Å². The van der Waals surface area contributed by atoms with Crippen LogP contribution in [0.1, 0.15) is 43.2 Å². The molecule has 0 spiro atoms. The average molecular weight is 274 g/mol. The first kappa shape index (κ1) is 13.7. The van der Waals surface area contributed by atoms with E-state index in [2.05, 4.69) is 23.6 Å². The summed E-state index contributed by atoms with van der Waals surface area (Å²) in [7, 11) is 0. The molecule has 1 aliphatic carbocycles. The molecule has 3 nitrogen and oxygen atoms in total. The van der Waals surface area contributed by atoms with Gasteiger partial charge >= 0.3 is 0 Å². The summed E-state index contributed by atoms with van der Waals surface area (Å²) in [6.45, 7) is 5.22. The molecule has 3 N–H and O–H groups in total. The van der Waals surface area contributed by atoms with Gasteiger partial charge in [-0.05, 0) is 75.3 Å². The van der Waals surface area contributed by atoms with Crippen LogP contribution in [0, 0.1) is 19.8 Å². The Morgan fingerprint density at radius 1 is 1.10 bits per heavy atom. The van der Waals surface area contributed by atoms with Crippen molar-refractivity contribution in [3.63, 3.8) is 0 Å². The second-order valence-electron chi connectivity index (χ2n) is 6.50. The van der Waals surface area contributed by atoms with Crippen molar-refractivity contribution >= 4 is 5.69 Å². The van der Waals surface area contributed by atoms with Gasteiger partial charge in [0, 0.05) is 17.8 Å². The Kier molecular flexibility index (Phi) is 3.88. The molecule has 1 aromatic rings. The minimum absolute atomic E-state index is 0.397. The van der Waals surface area contributed by atoms with Crippen LogP contribution in [-0.2, 0) is 0 Å². The molecule has 3 atom stereocenters. The molecule has 1 saturated heterocycles. The SMILES string of the molecule is Cc1cc(NC2CCCC2C2CCCN2)c(C)cc1O. The molecule has 110 valence electrons. The zero-order valence-electron chi connectivity index (χ0n) is 12.6. The molecule has 0 aromatic heterocycles. The highest BCUT2D eigenvalue weighted by atomic mass is 16.3. The first-order valence-corrected chi connectivity index (χ1v) is 7.95. The molecule has 3 heteroatoms. The van der Waals surface area contributed by atoms with Crippen molar-refractivity contribution in [3.8, 4) is 5.75 Å². The Morgan fingerprint density at radius 3 is 2.70 bits per heavy atom. The second kappa shape index (κ2) is 5.65. The number of hydrogen-bond acceptors (Lipinski definition) is 3. The highest BCUT2D eigenvalue weighted by molar-refractivity contribution is 5.57. The normalized spacial score (nSPS) is 29.8. The molecule has 2 aliphatic rings. The summed E-state index contributed by atoms with van der Waals surface area (Å²) in [6, 6.07) is 5.24. The van der Waals surface area contributed by atoms with Gasteiger partial charge in [0.2, 0.25) is 0 Å². The third-order valence-corrected chi connectivity index (χ3v) is 5.07. The predicted molar refractivity (Wildman–Crippen MR) is 83.4 cm³/mol. The molecule has 1 aliphatic heterocycles. The van der Waals surface area contributed by atoms with Crippen molar-refractivity contribution in [2.45, 2.75) is 58.0 Å². The molecule has 0 amide bonds. The highest BCUT2D eigenvalue weighted by Crippen LogP contribution is 2.35. The number of rotatable bonds is 3. The summed E-state index contributed by atoms with van der Waals surface area (Å²) >= 11 is 0. The van der Waals surface area contributed by atoms with E-state index in [0.29, 0.717) is 17.8 Å². The number of phenolic OH excluding ortho intramolecular Hbond substituents is 1. The first-order chi connectivity index (χ1) is 9.65.